The van der Waals surface area contributed by atoms with E-state index in [-0.39, 0.29) is 18.3 Å². The molecular formula is C16H25ClN2O2S. The molecule has 0 aromatic heterocycles. The van der Waals surface area contributed by atoms with E-state index < -0.39 is 0 Å². The second-order valence-electron chi connectivity index (χ2n) is 5.35. The van der Waals surface area contributed by atoms with Crippen LogP contribution in [-0.4, -0.2) is 50.4 Å². The molecule has 0 bridgehead atoms. The Hall–Kier alpha value is -0.910. The van der Waals surface area contributed by atoms with Gasteiger partial charge in [-0.25, -0.2) is 0 Å². The summed E-state index contributed by atoms with van der Waals surface area (Å²) in [4.78, 5) is 15.3. The van der Waals surface area contributed by atoms with Crippen LogP contribution in [0.5, 0.6) is 5.75 Å². The number of ether oxygens (including phenoxy) is 1. The summed E-state index contributed by atoms with van der Waals surface area (Å²) in [6.07, 6.45) is 2.22. The van der Waals surface area contributed by atoms with Crippen LogP contribution in [0.1, 0.15) is 12.8 Å². The SMILES string of the molecule is CNCC1CCN(C(=O)CSc2cccc(OC)c2)CC1.Cl. The molecule has 0 unspecified atom stereocenters. The van der Waals surface area contributed by atoms with E-state index in [0.717, 1.165) is 43.1 Å². The van der Waals surface area contributed by atoms with Gasteiger partial charge in [0.05, 0.1) is 12.9 Å². The van der Waals surface area contributed by atoms with Crippen molar-refractivity contribution in [2.45, 2.75) is 17.7 Å². The molecule has 1 aliphatic rings. The van der Waals surface area contributed by atoms with Crippen LogP contribution >= 0.6 is 24.2 Å². The van der Waals surface area contributed by atoms with E-state index in [4.69, 9.17) is 4.74 Å². The average Bonchev–Trinajstić information content (AvgIpc) is 2.54. The van der Waals surface area contributed by atoms with Crippen LogP contribution < -0.4 is 10.1 Å². The van der Waals surface area contributed by atoms with Crippen LogP contribution in [0.25, 0.3) is 0 Å². The topological polar surface area (TPSA) is 41.6 Å². The Morgan fingerprint density at radius 1 is 1.41 bits per heavy atom. The van der Waals surface area contributed by atoms with Gasteiger partial charge in [0.2, 0.25) is 5.91 Å². The predicted octanol–water partition coefficient (Wildman–Crippen LogP) is 2.67. The van der Waals surface area contributed by atoms with E-state index in [0.29, 0.717) is 11.7 Å². The molecule has 0 spiro atoms. The summed E-state index contributed by atoms with van der Waals surface area (Å²) >= 11 is 1.58. The minimum Gasteiger partial charge on any atom is -0.497 e. The van der Waals surface area contributed by atoms with Crippen molar-refractivity contribution >= 4 is 30.1 Å². The monoisotopic (exact) mass is 344 g/mol. The molecule has 0 saturated carbocycles. The van der Waals surface area contributed by atoms with E-state index >= 15 is 0 Å². The number of carbonyl (C=O) groups is 1. The third-order valence-electron chi connectivity index (χ3n) is 3.86. The first-order valence-corrected chi connectivity index (χ1v) is 8.40. The number of rotatable bonds is 6. The van der Waals surface area contributed by atoms with Crippen LogP contribution in [0.2, 0.25) is 0 Å². The Bertz CT molecular complexity index is 465. The highest BCUT2D eigenvalue weighted by molar-refractivity contribution is 8.00. The molecule has 1 fully saturated rings. The summed E-state index contributed by atoms with van der Waals surface area (Å²) in [5.41, 5.74) is 0. The third kappa shape index (κ3) is 5.71. The standard InChI is InChI=1S/C16H24N2O2S.ClH/c1-17-11-13-6-8-18(9-7-13)16(19)12-21-15-5-3-4-14(10-15)20-2;/h3-5,10,13,17H,6-9,11-12H2,1-2H3;1H. The highest BCUT2D eigenvalue weighted by atomic mass is 35.5. The van der Waals surface area contributed by atoms with Gasteiger partial charge in [0.1, 0.15) is 5.75 Å². The number of piperidine rings is 1. The number of methoxy groups -OCH3 is 1. The molecule has 2 rings (SSSR count). The van der Waals surface area contributed by atoms with Gasteiger partial charge in [0.25, 0.3) is 0 Å². The van der Waals surface area contributed by atoms with Gasteiger partial charge in [-0.2, -0.15) is 0 Å². The van der Waals surface area contributed by atoms with E-state index in [1.54, 1.807) is 18.9 Å². The number of hydrogen-bond acceptors (Lipinski definition) is 4. The number of carbonyl (C=O) groups excluding carboxylic acids is 1. The second kappa shape index (κ2) is 9.98. The highest BCUT2D eigenvalue weighted by Gasteiger charge is 2.22. The number of thioether (sulfide) groups is 1. The summed E-state index contributed by atoms with van der Waals surface area (Å²) in [5, 5.41) is 3.22. The molecule has 1 aromatic carbocycles. The quantitative estimate of drug-likeness (QED) is 0.806. The molecule has 1 N–H and O–H groups in total. The molecular weight excluding hydrogens is 320 g/mol. The van der Waals surface area contributed by atoms with Crippen molar-refractivity contribution in [2.75, 3.05) is 39.5 Å². The lowest BCUT2D eigenvalue weighted by atomic mass is 9.97. The van der Waals surface area contributed by atoms with Crippen molar-refractivity contribution in [2.24, 2.45) is 5.92 Å². The fourth-order valence-electron chi connectivity index (χ4n) is 2.60. The lowest BCUT2D eigenvalue weighted by molar-refractivity contribution is -0.129. The molecule has 1 amide bonds. The number of likely N-dealkylation sites (tertiary alicyclic amines) is 1. The first-order chi connectivity index (χ1) is 10.2. The van der Waals surface area contributed by atoms with Gasteiger partial charge in [0.15, 0.2) is 0 Å². The lowest BCUT2D eigenvalue weighted by Gasteiger charge is -2.31. The lowest BCUT2D eigenvalue weighted by Crippen LogP contribution is -2.41. The number of nitrogens with one attached hydrogen (secondary N) is 1. The maximum absolute atomic E-state index is 12.2. The normalized spacial score (nSPS) is 15.3. The Morgan fingerprint density at radius 2 is 2.14 bits per heavy atom. The number of nitrogens with zero attached hydrogens (tertiary/aromatic N) is 1. The number of benzene rings is 1. The van der Waals surface area contributed by atoms with Gasteiger partial charge >= 0.3 is 0 Å². The molecule has 1 saturated heterocycles. The number of halogens is 1. The minimum absolute atomic E-state index is 0. The maximum atomic E-state index is 12.2. The van der Waals surface area contributed by atoms with Gasteiger partial charge in [-0.05, 0) is 50.6 Å². The zero-order valence-electron chi connectivity index (χ0n) is 13.2. The Kier molecular flexibility index (Phi) is 8.68. The molecule has 4 nitrogen and oxygen atoms in total. The molecule has 6 heteroatoms. The first kappa shape index (κ1) is 19.1. The largest absolute Gasteiger partial charge is 0.497 e. The summed E-state index contributed by atoms with van der Waals surface area (Å²) in [6.45, 7) is 2.84. The fourth-order valence-corrected chi connectivity index (χ4v) is 3.45. The zero-order chi connectivity index (χ0) is 15.1. The highest BCUT2D eigenvalue weighted by Crippen LogP contribution is 2.24. The first-order valence-electron chi connectivity index (χ1n) is 7.42. The average molecular weight is 345 g/mol. The van der Waals surface area contributed by atoms with Crippen LogP contribution in [0.15, 0.2) is 29.2 Å². The number of hydrogen-bond donors (Lipinski definition) is 1. The van der Waals surface area contributed by atoms with Crippen molar-refractivity contribution in [3.8, 4) is 5.75 Å². The van der Waals surface area contributed by atoms with Crippen LogP contribution in [0.4, 0.5) is 0 Å². The Labute approximate surface area is 143 Å². The molecule has 124 valence electrons. The molecule has 1 heterocycles. The van der Waals surface area contributed by atoms with E-state index in [1.165, 1.54) is 0 Å². The Balaban J connectivity index is 0.00000242. The van der Waals surface area contributed by atoms with Crippen LogP contribution in [0, 0.1) is 5.92 Å². The van der Waals surface area contributed by atoms with Crippen molar-refractivity contribution in [3.63, 3.8) is 0 Å². The molecule has 1 aliphatic heterocycles. The van der Waals surface area contributed by atoms with Gasteiger partial charge in [-0.1, -0.05) is 6.07 Å². The fraction of sp³-hybridized carbons (Fsp3) is 0.562. The van der Waals surface area contributed by atoms with Gasteiger partial charge in [0, 0.05) is 18.0 Å². The van der Waals surface area contributed by atoms with Crippen molar-refractivity contribution in [1.82, 2.24) is 10.2 Å². The smallest absolute Gasteiger partial charge is 0.232 e. The molecule has 1 aromatic rings. The van der Waals surface area contributed by atoms with E-state index in [9.17, 15) is 4.79 Å². The van der Waals surface area contributed by atoms with Crippen molar-refractivity contribution in [1.29, 1.82) is 0 Å². The second-order valence-corrected chi connectivity index (χ2v) is 6.40. The maximum Gasteiger partial charge on any atom is 0.232 e. The van der Waals surface area contributed by atoms with Crippen molar-refractivity contribution < 1.29 is 9.53 Å². The zero-order valence-corrected chi connectivity index (χ0v) is 14.8. The molecule has 0 radical (unpaired) electrons. The van der Waals surface area contributed by atoms with E-state index in [1.807, 2.05) is 36.2 Å². The molecule has 0 atom stereocenters. The summed E-state index contributed by atoms with van der Waals surface area (Å²) in [7, 11) is 3.65. The van der Waals surface area contributed by atoms with Gasteiger partial charge < -0.3 is 15.0 Å². The third-order valence-corrected chi connectivity index (χ3v) is 4.84. The minimum atomic E-state index is 0. The van der Waals surface area contributed by atoms with Gasteiger partial charge in [-0.15, -0.1) is 24.2 Å². The van der Waals surface area contributed by atoms with E-state index in [2.05, 4.69) is 5.32 Å². The molecule has 22 heavy (non-hydrogen) atoms. The number of amides is 1. The summed E-state index contributed by atoms with van der Waals surface area (Å²) < 4.78 is 5.20. The summed E-state index contributed by atoms with van der Waals surface area (Å²) in [6, 6.07) is 7.85. The van der Waals surface area contributed by atoms with Gasteiger partial charge in [-0.3, -0.25) is 4.79 Å². The van der Waals surface area contributed by atoms with Crippen molar-refractivity contribution in [3.05, 3.63) is 24.3 Å². The predicted molar refractivity (Wildman–Crippen MR) is 94.2 cm³/mol. The van der Waals surface area contributed by atoms with Crippen LogP contribution in [-0.2, 0) is 4.79 Å². The Morgan fingerprint density at radius 3 is 2.77 bits per heavy atom. The van der Waals surface area contributed by atoms with Crippen LogP contribution in [0.3, 0.4) is 0 Å². The molecule has 0 aliphatic carbocycles. The summed E-state index contributed by atoms with van der Waals surface area (Å²) in [5.74, 6) is 2.29.